The monoisotopic (exact) mass is 264 g/mol. The van der Waals surface area contributed by atoms with Crippen LogP contribution in [0, 0.1) is 19.3 Å². The molecule has 96 valence electrons. The zero-order valence-electron chi connectivity index (χ0n) is 12.1. The molecule has 0 aliphatic rings. The maximum absolute atomic E-state index is 5.70. The highest BCUT2D eigenvalue weighted by Crippen LogP contribution is 2.23. The third kappa shape index (κ3) is 2.80. The van der Waals surface area contributed by atoms with Gasteiger partial charge in [-0.2, -0.15) is 0 Å². The SMILES string of the molecule is C#Cc1cccc(-c2cccc(C)c2)c1[Si](C)(C)C. The lowest BCUT2D eigenvalue weighted by Crippen LogP contribution is -2.41. The molecule has 0 saturated carbocycles. The highest BCUT2D eigenvalue weighted by atomic mass is 28.3. The van der Waals surface area contributed by atoms with Gasteiger partial charge in [0.15, 0.2) is 0 Å². The number of hydrogen-bond acceptors (Lipinski definition) is 0. The van der Waals surface area contributed by atoms with Crippen LogP contribution in [0.15, 0.2) is 42.5 Å². The van der Waals surface area contributed by atoms with Crippen LogP contribution >= 0.6 is 0 Å². The fraction of sp³-hybridized carbons (Fsp3) is 0.222. The lowest BCUT2D eigenvalue weighted by Gasteiger charge is -2.23. The fourth-order valence-electron chi connectivity index (χ4n) is 2.53. The van der Waals surface area contributed by atoms with E-state index in [1.165, 1.54) is 21.9 Å². The van der Waals surface area contributed by atoms with Gasteiger partial charge in [-0.25, -0.2) is 0 Å². The molecule has 0 spiro atoms. The van der Waals surface area contributed by atoms with Crippen LogP contribution in [0.5, 0.6) is 0 Å². The van der Waals surface area contributed by atoms with Crippen molar-refractivity contribution in [1.82, 2.24) is 0 Å². The Bertz CT molecular complexity index is 639. The Balaban J connectivity index is 2.75. The van der Waals surface area contributed by atoms with Crippen LogP contribution in [0.2, 0.25) is 19.6 Å². The molecule has 0 fully saturated rings. The predicted molar refractivity (Wildman–Crippen MR) is 87.5 cm³/mol. The molecule has 0 nitrogen and oxygen atoms in total. The van der Waals surface area contributed by atoms with Crippen molar-refractivity contribution >= 4 is 13.3 Å². The zero-order chi connectivity index (χ0) is 14.0. The Kier molecular flexibility index (Phi) is 3.64. The summed E-state index contributed by atoms with van der Waals surface area (Å²) >= 11 is 0. The molecule has 1 heteroatoms. The summed E-state index contributed by atoms with van der Waals surface area (Å²) in [7, 11) is -1.49. The van der Waals surface area contributed by atoms with Crippen molar-refractivity contribution in [3.8, 4) is 23.5 Å². The Labute approximate surface area is 117 Å². The average Bonchev–Trinajstić information content (AvgIpc) is 2.36. The van der Waals surface area contributed by atoms with Gasteiger partial charge >= 0.3 is 0 Å². The summed E-state index contributed by atoms with van der Waals surface area (Å²) in [6, 6.07) is 15.0. The van der Waals surface area contributed by atoms with E-state index in [2.05, 4.69) is 74.9 Å². The molecule has 0 aromatic heterocycles. The van der Waals surface area contributed by atoms with Crippen LogP contribution in [0.1, 0.15) is 11.1 Å². The molecule has 0 N–H and O–H groups in total. The normalized spacial score (nSPS) is 11.1. The highest BCUT2D eigenvalue weighted by Gasteiger charge is 2.23. The van der Waals surface area contributed by atoms with Crippen molar-refractivity contribution in [3.63, 3.8) is 0 Å². The molecule has 2 aromatic carbocycles. The quantitative estimate of drug-likeness (QED) is 0.563. The smallest absolute Gasteiger partial charge is 0.0800 e. The number of hydrogen-bond donors (Lipinski definition) is 0. The maximum Gasteiger partial charge on any atom is 0.0800 e. The summed E-state index contributed by atoms with van der Waals surface area (Å²) in [5.41, 5.74) is 4.91. The minimum atomic E-state index is -1.49. The summed E-state index contributed by atoms with van der Waals surface area (Å²) in [5.74, 6) is 2.86. The van der Waals surface area contributed by atoms with Gasteiger partial charge in [0.25, 0.3) is 0 Å². The predicted octanol–water partition coefficient (Wildman–Crippen LogP) is 4.19. The van der Waals surface area contributed by atoms with Crippen molar-refractivity contribution in [3.05, 3.63) is 53.6 Å². The van der Waals surface area contributed by atoms with E-state index in [0.29, 0.717) is 0 Å². The van der Waals surface area contributed by atoms with Crippen LogP contribution in [0.3, 0.4) is 0 Å². The van der Waals surface area contributed by atoms with Gasteiger partial charge in [-0.15, -0.1) is 6.42 Å². The van der Waals surface area contributed by atoms with Gasteiger partial charge in [-0.1, -0.05) is 67.5 Å². The van der Waals surface area contributed by atoms with Crippen LogP contribution in [0.25, 0.3) is 11.1 Å². The third-order valence-corrected chi connectivity index (χ3v) is 5.34. The maximum atomic E-state index is 5.70. The van der Waals surface area contributed by atoms with E-state index in [1.807, 2.05) is 0 Å². The molecule has 0 aliphatic carbocycles. The second-order valence-corrected chi connectivity index (χ2v) is 11.0. The molecule has 0 radical (unpaired) electrons. The number of terminal acetylenes is 1. The van der Waals surface area contributed by atoms with Gasteiger partial charge in [-0.3, -0.25) is 0 Å². The van der Waals surface area contributed by atoms with Gasteiger partial charge in [-0.05, 0) is 29.3 Å². The van der Waals surface area contributed by atoms with E-state index in [0.717, 1.165) is 5.56 Å². The van der Waals surface area contributed by atoms with Crippen molar-refractivity contribution in [2.45, 2.75) is 26.6 Å². The second-order valence-electron chi connectivity index (χ2n) is 5.99. The first-order valence-corrected chi connectivity index (χ1v) is 10.1. The van der Waals surface area contributed by atoms with Crippen LogP contribution in [0.4, 0.5) is 0 Å². The van der Waals surface area contributed by atoms with Gasteiger partial charge in [0.1, 0.15) is 0 Å². The molecule has 2 rings (SSSR count). The molecule has 0 saturated heterocycles. The van der Waals surface area contributed by atoms with E-state index in [-0.39, 0.29) is 0 Å². The summed E-state index contributed by atoms with van der Waals surface area (Å²) in [6.07, 6.45) is 5.70. The minimum Gasteiger partial charge on any atom is -0.115 e. The Morgan fingerprint density at radius 2 is 1.68 bits per heavy atom. The van der Waals surface area contributed by atoms with E-state index in [9.17, 15) is 0 Å². The molecule has 0 atom stereocenters. The van der Waals surface area contributed by atoms with Crippen LogP contribution in [-0.2, 0) is 0 Å². The van der Waals surface area contributed by atoms with Crippen molar-refractivity contribution < 1.29 is 0 Å². The first-order chi connectivity index (χ1) is 8.93. The van der Waals surface area contributed by atoms with E-state index < -0.39 is 8.07 Å². The Hall–Kier alpha value is -1.78. The summed E-state index contributed by atoms with van der Waals surface area (Å²) < 4.78 is 0. The first-order valence-electron chi connectivity index (χ1n) is 6.60. The molecule has 0 aliphatic heterocycles. The fourth-order valence-corrected chi connectivity index (χ4v) is 4.53. The zero-order valence-corrected chi connectivity index (χ0v) is 13.1. The lowest BCUT2D eigenvalue weighted by molar-refractivity contribution is 1.47. The van der Waals surface area contributed by atoms with Gasteiger partial charge in [0, 0.05) is 5.56 Å². The van der Waals surface area contributed by atoms with Crippen molar-refractivity contribution in [2.75, 3.05) is 0 Å². The first kappa shape index (κ1) is 13.6. The summed E-state index contributed by atoms with van der Waals surface area (Å²) in [5, 5.41) is 1.39. The third-order valence-electron chi connectivity index (χ3n) is 3.30. The minimum absolute atomic E-state index is 1.05. The highest BCUT2D eigenvalue weighted by molar-refractivity contribution is 6.90. The molecule has 0 unspecified atom stereocenters. The van der Waals surface area contributed by atoms with E-state index >= 15 is 0 Å². The number of rotatable bonds is 2. The van der Waals surface area contributed by atoms with E-state index in [1.54, 1.807) is 0 Å². The molecule has 19 heavy (non-hydrogen) atoms. The van der Waals surface area contributed by atoms with Gasteiger partial charge in [0.2, 0.25) is 0 Å². The summed E-state index contributed by atoms with van der Waals surface area (Å²) in [4.78, 5) is 0. The van der Waals surface area contributed by atoms with Crippen molar-refractivity contribution in [2.24, 2.45) is 0 Å². The van der Waals surface area contributed by atoms with Gasteiger partial charge in [0.05, 0.1) is 8.07 Å². The van der Waals surface area contributed by atoms with Crippen LogP contribution in [-0.4, -0.2) is 8.07 Å². The number of aryl methyl sites for hydroxylation is 1. The molecule has 0 amide bonds. The average molecular weight is 264 g/mol. The largest absolute Gasteiger partial charge is 0.115 e. The van der Waals surface area contributed by atoms with Gasteiger partial charge < -0.3 is 0 Å². The van der Waals surface area contributed by atoms with Crippen LogP contribution < -0.4 is 5.19 Å². The molecular formula is C18H20Si. The molecular weight excluding hydrogens is 244 g/mol. The number of benzene rings is 2. The molecule has 2 aromatic rings. The summed E-state index contributed by atoms with van der Waals surface area (Å²) in [6.45, 7) is 9.18. The Morgan fingerprint density at radius 3 is 2.26 bits per heavy atom. The molecule has 0 bridgehead atoms. The Morgan fingerprint density at radius 1 is 1.00 bits per heavy atom. The van der Waals surface area contributed by atoms with E-state index in [4.69, 9.17) is 6.42 Å². The standard InChI is InChI=1S/C18H20Si/c1-6-15-10-8-12-17(18(15)19(3,4)5)16-11-7-9-14(2)13-16/h1,7-13H,2-5H3. The second kappa shape index (κ2) is 5.07. The topological polar surface area (TPSA) is 0 Å². The molecule has 0 heterocycles. The lowest BCUT2D eigenvalue weighted by atomic mass is 10.0. The van der Waals surface area contributed by atoms with Crippen molar-refractivity contribution in [1.29, 1.82) is 0 Å².